The average Bonchev–Trinajstić information content (AvgIpc) is 2.42. The van der Waals surface area contributed by atoms with Crippen LogP contribution in [0.5, 0.6) is 0 Å². The summed E-state index contributed by atoms with van der Waals surface area (Å²) >= 11 is 12.3. The third kappa shape index (κ3) is 3.35. The normalized spacial score (nSPS) is 12.1. The van der Waals surface area contributed by atoms with Gasteiger partial charge in [-0.15, -0.1) is 0 Å². The molecule has 20 heavy (non-hydrogen) atoms. The molecule has 0 saturated heterocycles. The van der Waals surface area contributed by atoms with Gasteiger partial charge < -0.3 is 10.2 Å². The molecule has 0 aliphatic rings. The molecule has 1 unspecified atom stereocenters. The molecule has 1 aromatic carbocycles. The number of nitrogens with one attached hydrogen (secondary N) is 1. The van der Waals surface area contributed by atoms with Gasteiger partial charge in [0.2, 0.25) is 0 Å². The van der Waals surface area contributed by atoms with Crippen LogP contribution in [0.3, 0.4) is 0 Å². The van der Waals surface area contributed by atoms with Crippen molar-refractivity contribution in [1.29, 1.82) is 0 Å². The number of rotatable bonds is 4. The van der Waals surface area contributed by atoms with Gasteiger partial charge in [0.05, 0.1) is 28.0 Å². The number of pyridine rings is 1. The van der Waals surface area contributed by atoms with E-state index in [1.54, 1.807) is 6.07 Å². The van der Waals surface area contributed by atoms with Crippen molar-refractivity contribution in [2.24, 2.45) is 0 Å². The van der Waals surface area contributed by atoms with Crippen LogP contribution in [0.1, 0.15) is 18.5 Å². The lowest BCUT2D eigenvalue weighted by Crippen LogP contribution is -2.11. The van der Waals surface area contributed by atoms with Crippen molar-refractivity contribution in [3.05, 3.63) is 52.1 Å². The van der Waals surface area contributed by atoms with Crippen LogP contribution < -0.4 is 10.2 Å². The predicted octanol–water partition coefficient (Wildman–Crippen LogP) is 4.63. The maximum Gasteiger partial charge on any atom is 0.128 e. The van der Waals surface area contributed by atoms with Crippen molar-refractivity contribution in [3.8, 4) is 0 Å². The molecule has 0 saturated carbocycles. The number of benzene rings is 1. The minimum atomic E-state index is 0.0493. The van der Waals surface area contributed by atoms with Gasteiger partial charge in [0.15, 0.2) is 0 Å². The first kappa shape index (κ1) is 14.9. The van der Waals surface area contributed by atoms with Crippen molar-refractivity contribution in [2.45, 2.75) is 13.0 Å². The summed E-state index contributed by atoms with van der Waals surface area (Å²) in [5.41, 5.74) is 1.91. The van der Waals surface area contributed by atoms with Gasteiger partial charge in [0.25, 0.3) is 0 Å². The Morgan fingerprint density at radius 2 is 1.90 bits per heavy atom. The van der Waals surface area contributed by atoms with Gasteiger partial charge in [-0.1, -0.05) is 35.3 Å². The van der Waals surface area contributed by atoms with E-state index in [0.29, 0.717) is 10.0 Å². The molecular weight excluding hydrogens is 293 g/mol. The van der Waals surface area contributed by atoms with Crippen LogP contribution in [0.15, 0.2) is 36.5 Å². The standard InChI is InChI=1S/C15H17Cl2N3/c1-10(12-5-4-6-13(16)15(12)17)19-11-7-8-14(18-9-11)20(2)3/h4-10,19H,1-3H3. The SMILES string of the molecule is CC(Nc1ccc(N(C)C)nc1)c1cccc(Cl)c1Cl. The van der Waals surface area contributed by atoms with Crippen LogP contribution in [-0.4, -0.2) is 19.1 Å². The molecule has 1 aromatic heterocycles. The van der Waals surface area contributed by atoms with E-state index in [1.165, 1.54) is 0 Å². The zero-order valence-corrected chi connectivity index (χ0v) is 13.2. The van der Waals surface area contributed by atoms with Crippen molar-refractivity contribution >= 4 is 34.7 Å². The van der Waals surface area contributed by atoms with Crippen molar-refractivity contribution in [1.82, 2.24) is 4.98 Å². The topological polar surface area (TPSA) is 28.2 Å². The van der Waals surface area contributed by atoms with E-state index in [0.717, 1.165) is 17.1 Å². The summed E-state index contributed by atoms with van der Waals surface area (Å²) in [6.07, 6.45) is 1.81. The minimum absolute atomic E-state index is 0.0493. The van der Waals surface area contributed by atoms with Crippen LogP contribution in [0.25, 0.3) is 0 Å². The second-order valence-electron chi connectivity index (χ2n) is 4.81. The Labute approximate surface area is 129 Å². The zero-order chi connectivity index (χ0) is 14.7. The average molecular weight is 310 g/mol. The molecule has 0 bridgehead atoms. The van der Waals surface area contributed by atoms with Gasteiger partial charge >= 0.3 is 0 Å². The molecule has 0 aliphatic heterocycles. The molecule has 2 aromatic rings. The maximum absolute atomic E-state index is 6.23. The van der Waals surface area contributed by atoms with E-state index in [9.17, 15) is 0 Å². The van der Waals surface area contributed by atoms with E-state index >= 15 is 0 Å². The second kappa shape index (κ2) is 6.33. The highest BCUT2D eigenvalue weighted by Gasteiger charge is 2.11. The molecule has 106 valence electrons. The Morgan fingerprint density at radius 1 is 1.15 bits per heavy atom. The highest BCUT2D eigenvalue weighted by Crippen LogP contribution is 2.31. The van der Waals surface area contributed by atoms with Gasteiger partial charge in [-0.25, -0.2) is 4.98 Å². The molecule has 1 N–H and O–H groups in total. The summed E-state index contributed by atoms with van der Waals surface area (Å²) < 4.78 is 0. The molecule has 0 aliphatic carbocycles. The molecule has 2 rings (SSSR count). The molecule has 0 radical (unpaired) electrons. The Morgan fingerprint density at radius 3 is 2.50 bits per heavy atom. The number of anilines is 2. The highest BCUT2D eigenvalue weighted by molar-refractivity contribution is 6.42. The Hall–Kier alpha value is -1.45. The molecule has 0 fully saturated rings. The molecule has 0 spiro atoms. The summed E-state index contributed by atoms with van der Waals surface area (Å²) in [4.78, 5) is 6.33. The lowest BCUT2D eigenvalue weighted by Gasteiger charge is -2.18. The fourth-order valence-corrected chi connectivity index (χ4v) is 2.39. The Bertz CT molecular complexity index is 582. The van der Waals surface area contributed by atoms with Crippen molar-refractivity contribution in [2.75, 3.05) is 24.3 Å². The van der Waals surface area contributed by atoms with Gasteiger partial charge in [0.1, 0.15) is 5.82 Å². The summed E-state index contributed by atoms with van der Waals surface area (Å²) in [7, 11) is 3.92. The summed E-state index contributed by atoms with van der Waals surface area (Å²) in [5.74, 6) is 0.920. The summed E-state index contributed by atoms with van der Waals surface area (Å²) in [6, 6.07) is 9.66. The number of aromatic nitrogens is 1. The van der Waals surface area contributed by atoms with Crippen LogP contribution in [-0.2, 0) is 0 Å². The zero-order valence-electron chi connectivity index (χ0n) is 11.7. The van der Waals surface area contributed by atoms with Crippen molar-refractivity contribution < 1.29 is 0 Å². The molecule has 1 atom stereocenters. The van der Waals surface area contributed by atoms with E-state index in [4.69, 9.17) is 23.2 Å². The first-order valence-electron chi connectivity index (χ1n) is 6.33. The fraction of sp³-hybridized carbons (Fsp3) is 0.267. The molecule has 1 heterocycles. The molecule has 0 amide bonds. The predicted molar refractivity (Wildman–Crippen MR) is 87.1 cm³/mol. The first-order valence-corrected chi connectivity index (χ1v) is 7.08. The second-order valence-corrected chi connectivity index (χ2v) is 5.59. The minimum Gasteiger partial charge on any atom is -0.377 e. The molecule has 3 nitrogen and oxygen atoms in total. The lowest BCUT2D eigenvalue weighted by molar-refractivity contribution is 0.882. The van der Waals surface area contributed by atoms with Crippen LogP contribution >= 0.6 is 23.2 Å². The monoisotopic (exact) mass is 309 g/mol. The lowest BCUT2D eigenvalue weighted by atomic mass is 10.1. The summed E-state index contributed by atoms with van der Waals surface area (Å²) in [6.45, 7) is 2.04. The first-order chi connectivity index (χ1) is 9.49. The van der Waals surface area contributed by atoms with E-state index in [-0.39, 0.29) is 6.04 Å². The quantitative estimate of drug-likeness (QED) is 0.892. The third-order valence-corrected chi connectivity index (χ3v) is 3.87. The van der Waals surface area contributed by atoms with Gasteiger partial charge in [-0.2, -0.15) is 0 Å². The highest BCUT2D eigenvalue weighted by atomic mass is 35.5. The largest absolute Gasteiger partial charge is 0.377 e. The van der Waals surface area contributed by atoms with Crippen LogP contribution in [0.2, 0.25) is 10.0 Å². The maximum atomic E-state index is 6.23. The molecule has 5 heteroatoms. The number of nitrogens with zero attached hydrogens (tertiary/aromatic N) is 2. The van der Waals surface area contributed by atoms with Gasteiger partial charge in [-0.3, -0.25) is 0 Å². The van der Waals surface area contributed by atoms with E-state index in [2.05, 4.69) is 10.3 Å². The van der Waals surface area contributed by atoms with E-state index in [1.807, 2.05) is 56.4 Å². The number of hydrogen-bond donors (Lipinski definition) is 1. The number of hydrogen-bond acceptors (Lipinski definition) is 3. The summed E-state index contributed by atoms with van der Waals surface area (Å²) in [5, 5.41) is 4.53. The van der Waals surface area contributed by atoms with E-state index < -0.39 is 0 Å². The fourth-order valence-electron chi connectivity index (χ4n) is 1.92. The van der Waals surface area contributed by atoms with Crippen LogP contribution in [0, 0.1) is 0 Å². The van der Waals surface area contributed by atoms with Crippen LogP contribution in [0.4, 0.5) is 11.5 Å². The Balaban J connectivity index is 2.15. The third-order valence-electron chi connectivity index (χ3n) is 3.04. The molecular formula is C15H17Cl2N3. The van der Waals surface area contributed by atoms with Crippen molar-refractivity contribution in [3.63, 3.8) is 0 Å². The number of halogens is 2. The Kier molecular flexibility index (Phi) is 4.73. The van der Waals surface area contributed by atoms with Gasteiger partial charge in [0, 0.05) is 14.1 Å². The smallest absolute Gasteiger partial charge is 0.128 e. The van der Waals surface area contributed by atoms with Gasteiger partial charge in [-0.05, 0) is 30.7 Å².